The van der Waals surface area contributed by atoms with Crippen LogP contribution in [0.25, 0.3) is 10.9 Å². The summed E-state index contributed by atoms with van der Waals surface area (Å²) < 4.78 is 14.0. The van der Waals surface area contributed by atoms with E-state index >= 15 is 0 Å². The number of nitrogens with one attached hydrogen (secondary N) is 2. The first-order valence-electron chi connectivity index (χ1n) is 10.1. The number of fused-ring (bicyclic) bond motifs is 1. The number of rotatable bonds is 9. The molecule has 0 spiro atoms. The summed E-state index contributed by atoms with van der Waals surface area (Å²) in [6.45, 7) is 10.7. The van der Waals surface area contributed by atoms with Gasteiger partial charge in [0.05, 0.1) is 17.2 Å². The predicted octanol–water partition coefficient (Wildman–Crippen LogP) is 3.83. The molecule has 2 aromatic rings. The van der Waals surface area contributed by atoms with Crippen molar-refractivity contribution in [2.45, 2.75) is 59.7 Å². The third-order valence-corrected chi connectivity index (χ3v) is 4.67. The highest BCUT2D eigenvalue weighted by molar-refractivity contribution is 6.02. The van der Waals surface area contributed by atoms with Gasteiger partial charge in [-0.05, 0) is 57.4 Å². The van der Waals surface area contributed by atoms with Crippen LogP contribution in [0.3, 0.4) is 0 Å². The fourth-order valence-electron chi connectivity index (χ4n) is 2.96. The van der Waals surface area contributed by atoms with Gasteiger partial charge in [0, 0.05) is 23.2 Å². The molecule has 0 saturated carbocycles. The summed E-state index contributed by atoms with van der Waals surface area (Å²) in [6, 6.07) is 4.97. The predicted molar refractivity (Wildman–Crippen MR) is 117 cm³/mol. The summed E-state index contributed by atoms with van der Waals surface area (Å²) in [5, 5.41) is 6.86. The van der Waals surface area contributed by atoms with Crippen molar-refractivity contribution >= 4 is 28.8 Å². The lowest BCUT2D eigenvalue weighted by molar-refractivity contribution is 0.0942. The largest absolute Gasteiger partial charge is 0.337 e. The van der Waals surface area contributed by atoms with Gasteiger partial charge in [0.1, 0.15) is 5.82 Å². The molecule has 4 N–H and O–H groups in total. The number of carbonyl (C=O) groups is 1. The Morgan fingerprint density at radius 1 is 1.34 bits per heavy atom. The van der Waals surface area contributed by atoms with Gasteiger partial charge in [0.2, 0.25) is 0 Å². The molecular formula is C22H32FN5O. The number of aromatic nitrogens is 1. The molecular weight excluding hydrogens is 369 g/mol. The molecule has 0 aliphatic heterocycles. The number of pyridine rings is 1. The topological polar surface area (TPSA) is 92.4 Å². The number of nitrogens with zero attached hydrogens (tertiary/aromatic N) is 2. The zero-order valence-electron chi connectivity index (χ0n) is 17.9. The lowest BCUT2D eigenvalue weighted by Gasteiger charge is -2.16. The molecule has 2 atom stereocenters. The third kappa shape index (κ3) is 6.30. The van der Waals surface area contributed by atoms with Crippen molar-refractivity contribution in [3.8, 4) is 0 Å². The van der Waals surface area contributed by atoms with E-state index in [1.807, 2.05) is 0 Å². The van der Waals surface area contributed by atoms with Crippen LogP contribution in [0, 0.1) is 18.7 Å². The fourth-order valence-corrected chi connectivity index (χ4v) is 2.96. The molecule has 1 heterocycles. The van der Waals surface area contributed by atoms with Gasteiger partial charge in [-0.1, -0.05) is 20.8 Å². The monoisotopic (exact) mass is 401 g/mol. The van der Waals surface area contributed by atoms with Crippen molar-refractivity contribution in [3.05, 3.63) is 35.1 Å². The highest BCUT2D eigenvalue weighted by Gasteiger charge is 2.17. The Balaban J connectivity index is 2.37. The smallest absolute Gasteiger partial charge is 0.256 e. The molecule has 0 radical (unpaired) electrons. The molecule has 1 aromatic heterocycles. The Morgan fingerprint density at radius 2 is 2.07 bits per heavy atom. The van der Waals surface area contributed by atoms with E-state index in [1.54, 1.807) is 32.2 Å². The van der Waals surface area contributed by atoms with E-state index in [0.717, 1.165) is 13.0 Å². The molecule has 7 heteroatoms. The fraction of sp³-hybridized carbons (Fsp3) is 0.500. The van der Waals surface area contributed by atoms with E-state index in [-0.39, 0.29) is 17.5 Å². The number of aryl methyl sites for hydroxylation is 1. The number of hydrogen-bond acceptors (Lipinski definition) is 5. The summed E-state index contributed by atoms with van der Waals surface area (Å²) in [7, 11) is 0. The maximum atomic E-state index is 14.0. The van der Waals surface area contributed by atoms with E-state index in [4.69, 9.17) is 5.73 Å². The summed E-state index contributed by atoms with van der Waals surface area (Å²) in [6.07, 6.45) is 2.94. The van der Waals surface area contributed by atoms with Crippen molar-refractivity contribution in [3.63, 3.8) is 0 Å². The Hall–Kier alpha value is -2.38. The van der Waals surface area contributed by atoms with E-state index in [2.05, 4.69) is 41.4 Å². The first-order chi connectivity index (χ1) is 13.7. The number of aliphatic imine (C=N–C) groups is 1. The van der Waals surface area contributed by atoms with Gasteiger partial charge < -0.3 is 16.4 Å². The first-order valence-corrected chi connectivity index (χ1v) is 10.1. The van der Waals surface area contributed by atoms with Gasteiger partial charge in [-0.15, -0.1) is 0 Å². The molecule has 158 valence electrons. The summed E-state index contributed by atoms with van der Waals surface area (Å²) in [4.78, 5) is 21.6. The minimum atomic E-state index is -0.505. The molecule has 0 aliphatic carbocycles. The molecule has 2 unspecified atom stereocenters. The van der Waals surface area contributed by atoms with E-state index in [9.17, 15) is 9.18 Å². The second kappa shape index (κ2) is 10.4. The van der Waals surface area contributed by atoms with E-state index in [1.165, 1.54) is 6.07 Å². The molecule has 1 aromatic carbocycles. The highest BCUT2D eigenvalue weighted by Crippen LogP contribution is 2.26. The van der Waals surface area contributed by atoms with Crippen molar-refractivity contribution < 1.29 is 9.18 Å². The second-order valence-corrected chi connectivity index (χ2v) is 7.82. The lowest BCUT2D eigenvalue weighted by atomic mass is 10.1. The van der Waals surface area contributed by atoms with Gasteiger partial charge in [0.15, 0.2) is 5.82 Å². The van der Waals surface area contributed by atoms with Crippen LogP contribution < -0.4 is 16.4 Å². The van der Waals surface area contributed by atoms with Crippen LogP contribution in [0.15, 0.2) is 23.2 Å². The van der Waals surface area contributed by atoms with Gasteiger partial charge in [-0.25, -0.2) is 14.4 Å². The minimum Gasteiger partial charge on any atom is -0.337 e. The Bertz CT molecular complexity index is 879. The summed E-state index contributed by atoms with van der Waals surface area (Å²) in [5.41, 5.74) is 6.96. The number of nitrogens with two attached hydrogens (primary N) is 1. The molecule has 0 saturated heterocycles. The zero-order chi connectivity index (χ0) is 21.6. The van der Waals surface area contributed by atoms with E-state index in [0.29, 0.717) is 40.4 Å². The lowest BCUT2D eigenvalue weighted by Crippen LogP contribution is -2.38. The number of halogens is 1. The van der Waals surface area contributed by atoms with Crippen LogP contribution in [-0.4, -0.2) is 35.9 Å². The van der Waals surface area contributed by atoms with Crippen LogP contribution in [0.1, 0.15) is 56.5 Å². The Labute approximate surface area is 172 Å². The standard InChI is InChI=1S/C22H32FN5O/c1-6-17(26-12-13(2)3)9-10-25-21-18(22(29)27-15(5)24)11-16-7-8-19(23)14(4)20(16)28-21/h7-8,10-11,13,15,17,26H,6,9,12,24H2,1-5H3,(H,27,29). The van der Waals surface area contributed by atoms with E-state index < -0.39 is 6.17 Å². The molecule has 0 fully saturated rings. The number of hydrogen-bond donors (Lipinski definition) is 3. The van der Waals surface area contributed by atoms with Gasteiger partial charge in [0.25, 0.3) is 5.91 Å². The van der Waals surface area contributed by atoms with Gasteiger partial charge in [-0.2, -0.15) is 0 Å². The zero-order valence-corrected chi connectivity index (χ0v) is 17.9. The quantitative estimate of drug-likeness (QED) is 0.440. The second-order valence-electron chi connectivity index (χ2n) is 7.82. The average molecular weight is 402 g/mol. The molecule has 0 bridgehead atoms. The van der Waals surface area contributed by atoms with Crippen LogP contribution in [0.2, 0.25) is 0 Å². The van der Waals surface area contributed by atoms with Gasteiger partial charge in [-0.3, -0.25) is 4.79 Å². The highest BCUT2D eigenvalue weighted by atomic mass is 19.1. The molecule has 29 heavy (non-hydrogen) atoms. The minimum absolute atomic E-state index is 0.267. The third-order valence-electron chi connectivity index (χ3n) is 4.67. The average Bonchev–Trinajstić information content (AvgIpc) is 2.66. The number of amides is 1. The Kier molecular flexibility index (Phi) is 8.22. The van der Waals surface area contributed by atoms with Crippen LogP contribution in [-0.2, 0) is 0 Å². The van der Waals surface area contributed by atoms with Crippen molar-refractivity contribution in [2.24, 2.45) is 16.6 Å². The summed E-state index contributed by atoms with van der Waals surface area (Å²) >= 11 is 0. The number of benzene rings is 1. The molecule has 6 nitrogen and oxygen atoms in total. The van der Waals surface area contributed by atoms with Gasteiger partial charge >= 0.3 is 0 Å². The SMILES string of the molecule is CCC(CC=Nc1nc2c(C)c(F)ccc2cc1C(=O)NC(C)N)NCC(C)C. The Morgan fingerprint density at radius 3 is 2.69 bits per heavy atom. The normalized spacial score (nSPS) is 13.9. The first kappa shape index (κ1) is 22.9. The number of carbonyl (C=O) groups excluding carboxylic acids is 1. The van der Waals surface area contributed by atoms with Crippen molar-refractivity contribution in [1.29, 1.82) is 0 Å². The molecule has 0 aliphatic rings. The van der Waals surface area contributed by atoms with Crippen LogP contribution >= 0.6 is 0 Å². The van der Waals surface area contributed by atoms with Crippen molar-refractivity contribution in [2.75, 3.05) is 6.54 Å². The van der Waals surface area contributed by atoms with Crippen molar-refractivity contribution in [1.82, 2.24) is 15.6 Å². The van der Waals surface area contributed by atoms with Crippen LogP contribution in [0.4, 0.5) is 10.2 Å². The summed E-state index contributed by atoms with van der Waals surface area (Å²) in [5.74, 6) is 0.141. The maximum absolute atomic E-state index is 14.0. The van der Waals surface area contributed by atoms with Crippen LogP contribution in [0.5, 0.6) is 0 Å². The molecule has 1 amide bonds. The maximum Gasteiger partial charge on any atom is 0.256 e. The molecule has 2 rings (SSSR count).